The van der Waals surface area contributed by atoms with Crippen molar-refractivity contribution in [2.75, 3.05) is 12.4 Å². The number of hydrogen-bond donors (Lipinski definition) is 1. The highest BCUT2D eigenvalue weighted by atomic mass is 35.5. The van der Waals surface area contributed by atoms with Gasteiger partial charge in [-0.3, -0.25) is 4.79 Å². The molecule has 0 bridgehead atoms. The van der Waals surface area contributed by atoms with Gasteiger partial charge in [-0.25, -0.2) is 0 Å². The summed E-state index contributed by atoms with van der Waals surface area (Å²) in [6.45, 7) is 0. The molecule has 0 aliphatic heterocycles. The molecule has 0 unspecified atom stereocenters. The maximum atomic E-state index is 12.1. The fourth-order valence-electron chi connectivity index (χ4n) is 1.68. The smallest absolute Gasteiger partial charge is 0.255 e. The zero-order chi connectivity index (χ0) is 14.5. The molecule has 1 amide bonds. The molecule has 20 heavy (non-hydrogen) atoms. The largest absolute Gasteiger partial charge is 0.495 e. The number of nitrogens with zero attached hydrogens (tertiary/aromatic N) is 1. The second-order valence-electron chi connectivity index (χ2n) is 4.00. The van der Waals surface area contributed by atoms with E-state index in [0.29, 0.717) is 27.6 Å². The Balaban J connectivity index is 2.19. The van der Waals surface area contributed by atoms with Gasteiger partial charge in [0, 0.05) is 11.3 Å². The molecule has 2 aromatic rings. The first kappa shape index (κ1) is 13.9. The molecule has 100 valence electrons. The number of benzene rings is 2. The van der Waals surface area contributed by atoms with Crippen LogP contribution in [0.4, 0.5) is 5.69 Å². The van der Waals surface area contributed by atoms with Crippen LogP contribution >= 0.6 is 11.6 Å². The van der Waals surface area contributed by atoms with E-state index in [2.05, 4.69) is 5.32 Å². The van der Waals surface area contributed by atoms with Crippen LogP contribution in [0.15, 0.2) is 42.5 Å². The van der Waals surface area contributed by atoms with E-state index >= 15 is 0 Å². The number of methoxy groups -OCH3 is 1. The third-order valence-corrected chi connectivity index (χ3v) is 2.96. The van der Waals surface area contributed by atoms with E-state index in [1.165, 1.54) is 13.2 Å². The van der Waals surface area contributed by atoms with Crippen molar-refractivity contribution in [2.24, 2.45) is 0 Å². The van der Waals surface area contributed by atoms with Crippen LogP contribution in [0.2, 0.25) is 5.02 Å². The van der Waals surface area contributed by atoms with Crippen LogP contribution in [0.1, 0.15) is 15.9 Å². The molecule has 0 heterocycles. The zero-order valence-electron chi connectivity index (χ0n) is 10.7. The number of carbonyl (C=O) groups excluding carboxylic acids is 1. The molecule has 0 spiro atoms. The average Bonchev–Trinajstić information content (AvgIpc) is 2.47. The summed E-state index contributed by atoms with van der Waals surface area (Å²) in [5, 5.41) is 11.9. The number of nitrogens with one attached hydrogen (secondary N) is 1. The van der Waals surface area contributed by atoms with Crippen molar-refractivity contribution in [3.05, 3.63) is 58.6 Å². The number of halogens is 1. The molecule has 0 aliphatic carbocycles. The molecule has 1 N–H and O–H groups in total. The van der Waals surface area contributed by atoms with Gasteiger partial charge in [-0.1, -0.05) is 17.7 Å². The van der Waals surface area contributed by atoms with Gasteiger partial charge in [-0.05, 0) is 36.4 Å². The lowest BCUT2D eigenvalue weighted by molar-refractivity contribution is 0.102. The third kappa shape index (κ3) is 3.08. The normalized spacial score (nSPS) is 9.65. The van der Waals surface area contributed by atoms with Gasteiger partial charge in [0.2, 0.25) is 0 Å². The van der Waals surface area contributed by atoms with Crippen molar-refractivity contribution in [1.29, 1.82) is 5.26 Å². The summed E-state index contributed by atoms with van der Waals surface area (Å²) in [6.07, 6.45) is 0. The molecule has 0 fully saturated rings. The maximum Gasteiger partial charge on any atom is 0.255 e. The molecule has 2 rings (SSSR count). The Hall–Kier alpha value is -2.51. The van der Waals surface area contributed by atoms with Gasteiger partial charge in [-0.2, -0.15) is 5.26 Å². The molecule has 2 aromatic carbocycles. The van der Waals surface area contributed by atoms with Crippen molar-refractivity contribution in [3.63, 3.8) is 0 Å². The number of nitriles is 1. The predicted molar refractivity (Wildman–Crippen MR) is 77.1 cm³/mol. The molecular weight excluding hydrogens is 276 g/mol. The van der Waals surface area contributed by atoms with Crippen LogP contribution in [0.3, 0.4) is 0 Å². The lowest BCUT2D eigenvalue weighted by atomic mass is 10.2. The first-order chi connectivity index (χ1) is 9.63. The Morgan fingerprint density at radius 1 is 1.30 bits per heavy atom. The van der Waals surface area contributed by atoms with Gasteiger partial charge >= 0.3 is 0 Å². The molecule has 0 atom stereocenters. The lowest BCUT2D eigenvalue weighted by Crippen LogP contribution is -2.11. The van der Waals surface area contributed by atoms with Crippen LogP contribution in [0, 0.1) is 11.3 Å². The number of ether oxygens (including phenoxy) is 1. The van der Waals surface area contributed by atoms with Crippen LogP contribution in [-0.2, 0) is 0 Å². The average molecular weight is 287 g/mol. The van der Waals surface area contributed by atoms with E-state index < -0.39 is 0 Å². The summed E-state index contributed by atoms with van der Waals surface area (Å²) in [7, 11) is 1.51. The topological polar surface area (TPSA) is 62.1 Å². The Morgan fingerprint density at radius 3 is 2.75 bits per heavy atom. The summed E-state index contributed by atoms with van der Waals surface area (Å²) >= 11 is 5.98. The van der Waals surface area contributed by atoms with Gasteiger partial charge in [0.25, 0.3) is 5.91 Å². The quantitative estimate of drug-likeness (QED) is 0.939. The molecule has 0 saturated heterocycles. The number of hydrogen-bond acceptors (Lipinski definition) is 3. The predicted octanol–water partition coefficient (Wildman–Crippen LogP) is 3.47. The zero-order valence-corrected chi connectivity index (χ0v) is 11.4. The Labute approximate surface area is 121 Å². The van der Waals surface area contributed by atoms with Crippen molar-refractivity contribution in [2.45, 2.75) is 0 Å². The SMILES string of the molecule is COc1ccc(C(=O)Nc2cccc(C#N)c2)cc1Cl. The van der Waals surface area contributed by atoms with E-state index in [9.17, 15) is 4.79 Å². The standard InChI is InChI=1S/C15H11ClN2O2/c1-20-14-6-5-11(8-13(14)16)15(19)18-12-4-2-3-10(7-12)9-17/h2-8H,1H3,(H,18,19). The lowest BCUT2D eigenvalue weighted by Gasteiger charge is -2.07. The van der Waals surface area contributed by atoms with Gasteiger partial charge in [-0.15, -0.1) is 0 Å². The summed E-state index contributed by atoms with van der Waals surface area (Å²) in [5.41, 5.74) is 1.45. The second kappa shape index (κ2) is 6.09. The van der Waals surface area contributed by atoms with E-state index in [1.54, 1.807) is 36.4 Å². The minimum Gasteiger partial charge on any atom is -0.495 e. The van der Waals surface area contributed by atoms with Gasteiger partial charge in [0.05, 0.1) is 23.8 Å². The van der Waals surface area contributed by atoms with Gasteiger partial charge in [0.1, 0.15) is 5.75 Å². The highest BCUT2D eigenvalue weighted by Crippen LogP contribution is 2.25. The van der Waals surface area contributed by atoms with Gasteiger partial charge < -0.3 is 10.1 Å². The van der Waals surface area contributed by atoms with E-state index in [0.717, 1.165) is 0 Å². The molecule has 0 aromatic heterocycles. The Bertz CT molecular complexity index is 693. The van der Waals surface area contributed by atoms with Crippen molar-refractivity contribution in [3.8, 4) is 11.8 Å². The molecular formula is C15H11ClN2O2. The van der Waals surface area contributed by atoms with Crippen LogP contribution in [0.5, 0.6) is 5.75 Å². The van der Waals surface area contributed by atoms with Gasteiger partial charge in [0.15, 0.2) is 0 Å². The molecule has 5 heteroatoms. The molecule has 4 nitrogen and oxygen atoms in total. The fourth-order valence-corrected chi connectivity index (χ4v) is 1.94. The molecule has 0 aliphatic rings. The number of amides is 1. The van der Waals surface area contributed by atoms with Crippen molar-refractivity contribution < 1.29 is 9.53 Å². The third-order valence-electron chi connectivity index (χ3n) is 2.66. The Kier molecular flexibility index (Phi) is 4.24. The fraction of sp³-hybridized carbons (Fsp3) is 0.0667. The first-order valence-electron chi connectivity index (χ1n) is 5.79. The molecule has 0 radical (unpaired) electrons. The number of rotatable bonds is 3. The van der Waals surface area contributed by atoms with E-state index in [1.807, 2.05) is 6.07 Å². The van der Waals surface area contributed by atoms with Crippen LogP contribution < -0.4 is 10.1 Å². The molecule has 0 saturated carbocycles. The Morgan fingerprint density at radius 2 is 2.10 bits per heavy atom. The summed E-state index contributed by atoms with van der Waals surface area (Å²) in [6, 6.07) is 13.5. The monoisotopic (exact) mass is 286 g/mol. The summed E-state index contributed by atoms with van der Waals surface area (Å²) < 4.78 is 5.03. The number of carbonyl (C=O) groups is 1. The highest BCUT2D eigenvalue weighted by molar-refractivity contribution is 6.32. The van der Waals surface area contributed by atoms with E-state index in [-0.39, 0.29) is 5.91 Å². The van der Waals surface area contributed by atoms with E-state index in [4.69, 9.17) is 21.6 Å². The van der Waals surface area contributed by atoms with Crippen LogP contribution in [0.25, 0.3) is 0 Å². The van der Waals surface area contributed by atoms with Crippen molar-refractivity contribution in [1.82, 2.24) is 0 Å². The summed E-state index contributed by atoms with van der Waals surface area (Å²) in [4.78, 5) is 12.1. The maximum absolute atomic E-state index is 12.1. The number of anilines is 1. The van der Waals surface area contributed by atoms with Crippen molar-refractivity contribution >= 4 is 23.2 Å². The minimum absolute atomic E-state index is 0.301. The first-order valence-corrected chi connectivity index (χ1v) is 6.17. The minimum atomic E-state index is -0.301. The second-order valence-corrected chi connectivity index (χ2v) is 4.40. The summed E-state index contributed by atoms with van der Waals surface area (Å²) in [5.74, 6) is 0.208. The van der Waals surface area contributed by atoms with Crippen LogP contribution in [-0.4, -0.2) is 13.0 Å². The highest BCUT2D eigenvalue weighted by Gasteiger charge is 2.09.